The number of amides is 3. The molecule has 2 aromatic rings. The van der Waals surface area contributed by atoms with Gasteiger partial charge in [0.25, 0.3) is 11.8 Å². The molecule has 7 heteroatoms. The van der Waals surface area contributed by atoms with Crippen LogP contribution in [0.4, 0.5) is 4.39 Å². The summed E-state index contributed by atoms with van der Waals surface area (Å²) in [6, 6.07) is 12.6. The van der Waals surface area contributed by atoms with Gasteiger partial charge in [0.15, 0.2) is 0 Å². The lowest BCUT2D eigenvalue weighted by atomic mass is 9.95. The number of benzene rings is 2. The van der Waals surface area contributed by atoms with Gasteiger partial charge in [-0.25, -0.2) is 4.39 Å². The Morgan fingerprint density at radius 2 is 1.55 bits per heavy atom. The third-order valence-corrected chi connectivity index (χ3v) is 5.15. The van der Waals surface area contributed by atoms with E-state index in [0.717, 1.165) is 5.56 Å². The number of rotatable bonds is 5. The highest BCUT2D eigenvalue weighted by Crippen LogP contribution is 2.20. The third-order valence-electron chi connectivity index (χ3n) is 5.15. The van der Waals surface area contributed by atoms with Crippen LogP contribution in [0.2, 0.25) is 0 Å². The van der Waals surface area contributed by atoms with Crippen molar-refractivity contribution in [3.8, 4) is 0 Å². The summed E-state index contributed by atoms with van der Waals surface area (Å²) in [5.74, 6) is -0.838. The second-order valence-corrected chi connectivity index (χ2v) is 7.07. The minimum absolute atomic E-state index is 0.0331. The van der Waals surface area contributed by atoms with E-state index in [1.807, 2.05) is 12.1 Å². The highest BCUT2D eigenvalue weighted by atomic mass is 19.1. The van der Waals surface area contributed by atoms with Crippen LogP contribution in [0, 0.1) is 11.7 Å². The van der Waals surface area contributed by atoms with E-state index in [1.165, 1.54) is 24.3 Å². The average Bonchev–Trinajstić information content (AvgIpc) is 2.77. The lowest BCUT2D eigenvalue weighted by Gasteiger charge is -2.31. The Bertz CT molecular complexity index is 873. The number of carbonyl (C=O) groups excluding carboxylic acids is 3. The molecule has 6 nitrogen and oxygen atoms in total. The van der Waals surface area contributed by atoms with Crippen LogP contribution in [0.1, 0.15) is 39.1 Å². The number of piperidine rings is 1. The molecule has 0 atom stereocenters. The first kappa shape index (κ1) is 20.5. The molecule has 0 aliphatic carbocycles. The molecule has 1 aliphatic rings. The summed E-state index contributed by atoms with van der Waals surface area (Å²) in [5, 5.41) is 5.49. The summed E-state index contributed by atoms with van der Waals surface area (Å²) < 4.78 is 13.0. The monoisotopic (exact) mass is 397 g/mol. The van der Waals surface area contributed by atoms with E-state index in [2.05, 4.69) is 10.6 Å². The van der Waals surface area contributed by atoms with Crippen LogP contribution in [0.5, 0.6) is 0 Å². The van der Waals surface area contributed by atoms with Crippen LogP contribution >= 0.6 is 0 Å². The molecule has 2 N–H and O–H groups in total. The maximum atomic E-state index is 13.0. The van der Waals surface area contributed by atoms with Crippen LogP contribution < -0.4 is 10.6 Å². The van der Waals surface area contributed by atoms with Crippen molar-refractivity contribution in [3.05, 3.63) is 71.0 Å². The highest BCUT2D eigenvalue weighted by Gasteiger charge is 2.27. The summed E-state index contributed by atoms with van der Waals surface area (Å²) >= 11 is 0. The molecule has 29 heavy (non-hydrogen) atoms. The van der Waals surface area contributed by atoms with Crippen LogP contribution in [-0.4, -0.2) is 42.8 Å². The second-order valence-electron chi connectivity index (χ2n) is 7.07. The van der Waals surface area contributed by atoms with E-state index in [-0.39, 0.29) is 29.5 Å². The van der Waals surface area contributed by atoms with Crippen molar-refractivity contribution in [2.75, 3.05) is 20.1 Å². The van der Waals surface area contributed by atoms with E-state index < -0.39 is 0 Å². The maximum absolute atomic E-state index is 13.0. The Labute approximate surface area is 169 Å². The van der Waals surface area contributed by atoms with Gasteiger partial charge < -0.3 is 15.5 Å². The van der Waals surface area contributed by atoms with Crippen molar-refractivity contribution >= 4 is 17.7 Å². The summed E-state index contributed by atoms with van der Waals surface area (Å²) in [4.78, 5) is 38.2. The molecule has 0 saturated carbocycles. The first-order valence-electron chi connectivity index (χ1n) is 9.61. The SMILES string of the molecule is CNC(=O)c1ccc(CNC(=O)C2CCN(C(=O)c3ccc(F)cc3)CC2)cc1. The van der Waals surface area contributed by atoms with Crippen LogP contribution in [0.25, 0.3) is 0 Å². The molecule has 3 rings (SSSR count). The summed E-state index contributed by atoms with van der Waals surface area (Å²) in [6.07, 6.45) is 1.18. The number of nitrogens with one attached hydrogen (secondary N) is 2. The largest absolute Gasteiger partial charge is 0.355 e. The van der Waals surface area contributed by atoms with Gasteiger partial charge in [-0.1, -0.05) is 12.1 Å². The topological polar surface area (TPSA) is 78.5 Å². The van der Waals surface area contributed by atoms with Gasteiger partial charge >= 0.3 is 0 Å². The fraction of sp³-hybridized carbons (Fsp3) is 0.318. The molecule has 1 fully saturated rings. The van der Waals surface area contributed by atoms with Gasteiger partial charge in [0.2, 0.25) is 5.91 Å². The predicted octanol–water partition coefficient (Wildman–Crippen LogP) is 2.35. The molecule has 0 radical (unpaired) electrons. The number of nitrogens with zero attached hydrogens (tertiary/aromatic N) is 1. The molecule has 0 bridgehead atoms. The van der Waals surface area contributed by atoms with Crippen LogP contribution in [0.3, 0.4) is 0 Å². The number of likely N-dealkylation sites (tertiary alicyclic amines) is 1. The number of carbonyl (C=O) groups is 3. The van der Waals surface area contributed by atoms with E-state index in [9.17, 15) is 18.8 Å². The Morgan fingerprint density at radius 1 is 0.966 bits per heavy atom. The van der Waals surface area contributed by atoms with Crippen LogP contribution in [-0.2, 0) is 11.3 Å². The predicted molar refractivity (Wildman–Crippen MR) is 107 cm³/mol. The third kappa shape index (κ3) is 5.19. The van der Waals surface area contributed by atoms with Crippen molar-refractivity contribution in [1.29, 1.82) is 0 Å². The van der Waals surface area contributed by atoms with E-state index in [0.29, 0.717) is 43.6 Å². The van der Waals surface area contributed by atoms with Gasteiger partial charge in [-0.15, -0.1) is 0 Å². The minimum atomic E-state index is -0.375. The molecule has 0 aromatic heterocycles. The van der Waals surface area contributed by atoms with Gasteiger partial charge in [-0.05, 0) is 54.8 Å². The van der Waals surface area contributed by atoms with Crippen molar-refractivity contribution in [2.24, 2.45) is 5.92 Å². The molecule has 152 valence electrons. The number of hydrogen-bond donors (Lipinski definition) is 2. The average molecular weight is 397 g/mol. The van der Waals surface area contributed by atoms with Crippen molar-refractivity contribution in [1.82, 2.24) is 15.5 Å². The summed E-state index contributed by atoms with van der Waals surface area (Å²) in [5.41, 5.74) is 1.94. The fourth-order valence-corrected chi connectivity index (χ4v) is 3.37. The van der Waals surface area contributed by atoms with Gasteiger partial charge in [0, 0.05) is 43.7 Å². The quantitative estimate of drug-likeness (QED) is 0.813. The molecular formula is C22H24FN3O3. The summed E-state index contributed by atoms with van der Waals surface area (Å²) in [6.45, 7) is 1.38. The van der Waals surface area contributed by atoms with Gasteiger partial charge in [-0.3, -0.25) is 14.4 Å². The first-order valence-corrected chi connectivity index (χ1v) is 9.61. The van der Waals surface area contributed by atoms with Crippen molar-refractivity contribution < 1.29 is 18.8 Å². The van der Waals surface area contributed by atoms with Gasteiger partial charge in [0.05, 0.1) is 0 Å². The standard InChI is InChI=1S/C22H24FN3O3/c1-24-20(27)16-4-2-15(3-5-16)14-25-21(28)17-10-12-26(13-11-17)22(29)18-6-8-19(23)9-7-18/h2-9,17H,10-14H2,1H3,(H,24,27)(H,25,28). The zero-order valence-electron chi connectivity index (χ0n) is 16.3. The van der Waals surface area contributed by atoms with Crippen molar-refractivity contribution in [2.45, 2.75) is 19.4 Å². The summed E-state index contributed by atoms with van der Waals surface area (Å²) in [7, 11) is 1.58. The number of hydrogen-bond acceptors (Lipinski definition) is 3. The minimum Gasteiger partial charge on any atom is -0.355 e. The Morgan fingerprint density at radius 3 is 2.14 bits per heavy atom. The molecule has 0 spiro atoms. The Kier molecular flexibility index (Phi) is 6.59. The van der Waals surface area contributed by atoms with Gasteiger partial charge in [0.1, 0.15) is 5.82 Å². The van der Waals surface area contributed by atoms with Crippen molar-refractivity contribution in [3.63, 3.8) is 0 Å². The number of halogens is 1. The molecule has 3 amide bonds. The maximum Gasteiger partial charge on any atom is 0.253 e. The zero-order chi connectivity index (χ0) is 20.8. The molecule has 0 unspecified atom stereocenters. The van der Waals surface area contributed by atoms with Gasteiger partial charge in [-0.2, -0.15) is 0 Å². The molecule has 1 heterocycles. The molecule has 1 aliphatic heterocycles. The molecule has 1 saturated heterocycles. The first-order chi connectivity index (χ1) is 14.0. The van der Waals surface area contributed by atoms with Crippen LogP contribution in [0.15, 0.2) is 48.5 Å². The van der Waals surface area contributed by atoms with E-state index in [4.69, 9.17) is 0 Å². The lowest BCUT2D eigenvalue weighted by molar-refractivity contribution is -0.126. The Balaban J connectivity index is 1.46. The smallest absolute Gasteiger partial charge is 0.253 e. The molecular weight excluding hydrogens is 373 g/mol. The Hall–Kier alpha value is -3.22. The highest BCUT2D eigenvalue weighted by molar-refractivity contribution is 5.94. The van der Waals surface area contributed by atoms with E-state index >= 15 is 0 Å². The zero-order valence-corrected chi connectivity index (χ0v) is 16.3. The second kappa shape index (κ2) is 9.32. The normalized spacial score (nSPS) is 14.3. The van der Waals surface area contributed by atoms with E-state index in [1.54, 1.807) is 24.1 Å². The lowest BCUT2D eigenvalue weighted by Crippen LogP contribution is -2.42. The molecule has 2 aromatic carbocycles. The fourth-order valence-electron chi connectivity index (χ4n) is 3.37.